The molecule has 0 fully saturated rings. The summed E-state index contributed by atoms with van der Waals surface area (Å²) in [6.07, 6.45) is 0. The van der Waals surface area contributed by atoms with Crippen molar-refractivity contribution >= 4 is 35.2 Å². The average molecular weight is 580 g/mol. The first-order chi connectivity index (χ1) is 20.6. The highest BCUT2D eigenvalue weighted by Gasteiger charge is 2.27. The van der Waals surface area contributed by atoms with Crippen LogP contribution in [0.5, 0.6) is 0 Å². The van der Waals surface area contributed by atoms with E-state index in [1.165, 1.54) is 23.9 Å². The van der Waals surface area contributed by atoms with E-state index in [0.29, 0.717) is 28.1 Å². The van der Waals surface area contributed by atoms with E-state index in [1.807, 2.05) is 91.0 Å². The third kappa shape index (κ3) is 7.44. The van der Waals surface area contributed by atoms with E-state index < -0.39 is 5.97 Å². The van der Waals surface area contributed by atoms with E-state index >= 15 is 0 Å². The molecule has 1 aromatic heterocycles. The van der Waals surface area contributed by atoms with Crippen molar-refractivity contribution in [3.8, 4) is 5.69 Å². The molecule has 0 saturated heterocycles. The van der Waals surface area contributed by atoms with Gasteiger partial charge in [0, 0.05) is 11.4 Å². The molecule has 9 heteroatoms. The Kier molecular flexibility index (Phi) is 9.64. The molecule has 5 rings (SSSR count). The molecule has 0 radical (unpaired) electrons. The van der Waals surface area contributed by atoms with Crippen molar-refractivity contribution in [2.24, 2.45) is 4.99 Å². The first-order valence-electron chi connectivity index (χ1n) is 13.5. The number of thioether (sulfide) groups is 1. The zero-order chi connectivity index (χ0) is 29.1. The molecule has 0 amide bonds. The minimum Gasteiger partial charge on any atom is -0.462 e. The van der Waals surface area contributed by atoms with Gasteiger partial charge in [-0.05, 0) is 54.4 Å². The maximum atomic E-state index is 13.5. The minimum absolute atomic E-state index is 0.214. The highest BCUT2D eigenvalue weighted by Crippen LogP contribution is 2.33. The number of guanidine groups is 1. The number of esters is 1. The average Bonchev–Trinajstić information content (AvgIpc) is 3.39. The highest BCUT2D eigenvalue weighted by atomic mass is 32.2. The van der Waals surface area contributed by atoms with Crippen molar-refractivity contribution in [2.45, 2.75) is 24.2 Å². The van der Waals surface area contributed by atoms with Gasteiger partial charge in [-0.3, -0.25) is 0 Å². The maximum absolute atomic E-state index is 13.5. The Hall–Kier alpha value is -4.89. The fourth-order valence-corrected chi connectivity index (χ4v) is 5.08. The van der Waals surface area contributed by atoms with E-state index in [-0.39, 0.29) is 19.0 Å². The fourth-order valence-electron chi connectivity index (χ4n) is 4.12. The molecule has 7 nitrogen and oxygen atoms in total. The van der Waals surface area contributed by atoms with Crippen molar-refractivity contribution in [1.82, 2.24) is 9.78 Å². The number of para-hydroxylation sites is 2. The molecule has 0 aliphatic carbocycles. The molecule has 0 aliphatic heterocycles. The van der Waals surface area contributed by atoms with Gasteiger partial charge in [0.1, 0.15) is 16.4 Å². The Morgan fingerprint density at radius 3 is 2.17 bits per heavy atom. The van der Waals surface area contributed by atoms with Gasteiger partial charge in [0.05, 0.1) is 18.8 Å². The SMILES string of the molecule is CCOC(=O)c1c(SCc2ccccc2)nn(-c2ccccc2)c1NC(=NCc1ccc(F)cc1)Nc1ccccc1. The standard InChI is InChI=1S/C33H30FN5O2S/c1-2-41-32(40)29-30(37-33(36-27-14-8-4-9-15-27)35-22-24-18-20-26(34)21-19-24)39(28-16-10-5-11-17-28)38-31(29)42-23-25-12-6-3-7-13-25/h3-21H,2,22-23H2,1H3,(H2,35,36,37). The summed E-state index contributed by atoms with van der Waals surface area (Å²) in [6, 6.07) is 35.3. The Labute approximate surface area is 248 Å². The monoisotopic (exact) mass is 579 g/mol. The second-order valence-corrected chi connectivity index (χ2v) is 10.1. The number of benzene rings is 4. The number of carbonyl (C=O) groups is 1. The molecule has 212 valence electrons. The molecule has 0 atom stereocenters. The van der Waals surface area contributed by atoms with Gasteiger partial charge in [0.15, 0.2) is 5.82 Å². The van der Waals surface area contributed by atoms with E-state index in [4.69, 9.17) is 14.8 Å². The number of nitrogens with one attached hydrogen (secondary N) is 2. The summed E-state index contributed by atoms with van der Waals surface area (Å²) in [5.41, 5.74) is 3.80. The number of hydrogen-bond donors (Lipinski definition) is 2. The van der Waals surface area contributed by atoms with Crippen LogP contribution >= 0.6 is 11.8 Å². The predicted octanol–water partition coefficient (Wildman–Crippen LogP) is 7.56. The summed E-state index contributed by atoms with van der Waals surface area (Å²) in [5, 5.41) is 12.1. The summed E-state index contributed by atoms with van der Waals surface area (Å²) in [6.45, 7) is 2.26. The number of rotatable bonds is 10. The van der Waals surface area contributed by atoms with Gasteiger partial charge in [-0.25, -0.2) is 18.9 Å². The number of carbonyl (C=O) groups excluding carboxylic acids is 1. The molecule has 0 aliphatic rings. The zero-order valence-electron chi connectivity index (χ0n) is 23.0. The first-order valence-corrected chi connectivity index (χ1v) is 14.5. The molecule has 2 N–H and O–H groups in total. The van der Waals surface area contributed by atoms with Gasteiger partial charge in [-0.15, -0.1) is 0 Å². The highest BCUT2D eigenvalue weighted by molar-refractivity contribution is 7.98. The molecule has 42 heavy (non-hydrogen) atoms. The smallest absolute Gasteiger partial charge is 0.344 e. The molecule has 4 aromatic carbocycles. The third-order valence-electron chi connectivity index (χ3n) is 6.16. The van der Waals surface area contributed by atoms with E-state index in [1.54, 1.807) is 23.7 Å². The lowest BCUT2D eigenvalue weighted by atomic mass is 10.2. The van der Waals surface area contributed by atoms with Crippen molar-refractivity contribution in [1.29, 1.82) is 0 Å². The van der Waals surface area contributed by atoms with Gasteiger partial charge in [-0.2, -0.15) is 5.10 Å². The Bertz CT molecular complexity index is 1630. The molecule has 5 aromatic rings. The molecule has 0 unspecified atom stereocenters. The number of hydrogen-bond acceptors (Lipinski definition) is 5. The molecule has 0 spiro atoms. The van der Waals surface area contributed by atoms with Crippen molar-refractivity contribution in [3.63, 3.8) is 0 Å². The summed E-state index contributed by atoms with van der Waals surface area (Å²) in [5.74, 6) is 0.612. The van der Waals surface area contributed by atoms with E-state index in [9.17, 15) is 9.18 Å². The summed E-state index contributed by atoms with van der Waals surface area (Å²) in [4.78, 5) is 18.2. The largest absolute Gasteiger partial charge is 0.462 e. The van der Waals surface area contributed by atoms with Crippen molar-refractivity contribution in [2.75, 3.05) is 17.2 Å². The van der Waals surface area contributed by atoms with E-state index in [2.05, 4.69) is 10.6 Å². The summed E-state index contributed by atoms with van der Waals surface area (Å²) >= 11 is 1.46. The first kappa shape index (κ1) is 28.6. The number of nitrogens with zero attached hydrogens (tertiary/aromatic N) is 3. The van der Waals surface area contributed by atoms with Crippen LogP contribution in [0.15, 0.2) is 125 Å². The number of halogens is 1. The molecule has 1 heterocycles. The lowest BCUT2D eigenvalue weighted by molar-refractivity contribution is 0.0523. The van der Waals surface area contributed by atoms with Crippen LogP contribution in [0.4, 0.5) is 15.9 Å². The summed E-state index contributed by atoms with van der Waals surface area (Å²) in [7, 11) is 0. The minimum atomic E-state index is -0.490. The van der Waals surface area contributed by atoms with Gasteiger partial charge in [0.25, 0.3) is 0 Å². The molecular formula is C33H30FN5O2S. The lowest BCUT2D eigenvalue weighted by Crippen LogP contribution is -2.25. The third-order valence-corrected chi connectivity index (χ3v) is 7.20. The predicted molar refractivity (Wildman–Crippen MR) is 167 cm³/mol. The molecular weight excluding hydrogens is 549 g/mol. The van der Waals surface area contributed by atoms with Gasteiger partial charge >= 0.3 is 5.97 Å². The Balaban J connectivity index is 1.58. The van der Waals surface area contributed by atoms with Crippen LogP contribution in [-0.4, -0.2) is 28.3 Å². The van der Waals surface area contributed by atoms with Gasteiger partial charge in [0.2, 0.25) is 5.96 Å². The Morgan fingerprint density at radius 2 is 1.50 bits per heavy atom. The fraction of sp³-hybridized carbons (Fsp3) is 0.121. The number of anilines is 2. The van der Waals surface area contributed by atoms with E-state index in [0.717, 1.165) is 22.5 Å². The second-order valence-electron chi connectivity index (χ2n) is 9.18. The number of aromatic nitrogens is 2. The van der Waals surface area contributed by atoms with Crippen LogP contribution in [0.25, 0.3) is 5.69 Å². The molecule has 0 bridgehead atoms. The van der Waals surface area contributed by atoms with Crippen molar-refractivity contribution < 1.29 is 13.9 Å². The summed E-state index contributed by atoms with van der Waals surface area (Å²) < 4.78 is 20.7. The number of ether oxygens (including phenoxy) is 1. The van der Waals surface area contributed by atoms with Crippen LogP contribution in [0.3, 0.4) is 0 Å². The Morgan fingerprint density at radius 1 is 0.857 bits per heavy atom. The van der Waals surface area contributed by atoms with Crippen LogP contribution < -0.4 is 10.6 Å². The second kappa shape index (κ2) is 14.1. The quantitative estimate of drug-likeness (QED) is 0.0769. The number of aliphatic imine (C=N–C) groups is 1. The van der Waals surface area contributed by atoms with Crippen LogP contribution in [0.1, 0.15) is 28.4 Å². The normalized spacial score (nSPS) is 11.2. The van der Waals surface area contributed by atoms with Crippen LogP contribution in [0.2, 0.25) is 0 Å². The zero-order valence-corrected chi connectivity index (χ0v) is 23.9. The van der Waals surface area contributed by atoms with Crippen LogP contribution in [-0.2, 0) is 17.0 Å². The maximum Gasteiger partial charge on any atom is 0.344 e. The molecule has 0 saturated carbocycles. The van der Waals surface area contributed by atoms with Crippen LogP contribution in [0, 0.1) is 5.82 Å². The van der Waals surface area contributed by atoms with Gasteiger partial charge in [-0.1, -0.05) is 90.6 Å². The topological polar surface area (TPSA) is 80.5 Å². The van der Waals surface area contributed by atoms with Crippen molar-refractivity contribution in [3.05, 3.63) is 138 Å². The lowest BCUT2D eigenvalue weighted by Gasteiger charge is -2.15. The van der Waals surface area contributed by atoms with Gasteiger partial charge < -0.3 is 15.4 Å².